The second kappa shape index (κ2) is 4.70. The maximum Gasteiger partial charge on any atom is 0.336 e. The molecule has 0 saturated heterocycles. The normalized spacial score (nSPS) is 11.9. The van der Waals surface area contributed by atoms with Crippen LogP contribution in [-0.2, 0) is 9.53 Å². The molecule has 1 N–H and O–H groups in total. The van der Waals surface area contributed by atoms with Crippen LogP contribution in [0, 0.1) is 5.82 Å². The summed E-state index contributed by atoms with van der Waals surface area (Å²) in [6.07, 6.45) is -1.17. The zero-order chi connectivity index (χ0) is 11.4. The van der Waals surface area contributed by atoms with E-state index in [9.17, 15) is 14.3 Å². The molecule has 4 heteroatoms. The number of esters is 1. The maximum absolute atomic E-state index is 12.6. The lowest BCUT2D eigenvalue weighted by Gasteiger charge is -2.11. The third-order valence-electron chi connectivity index (χ3n) is 1.96. The summed E-state index contributed by atoms with van der Waals surface area (Å²) >= 11 is 0. The molecule has 0 aromatic heterocycles. The van der Waals surface area contributed by atoms with Crippen LogP contribution >= 0.6 is 0 Å². The van der Waals surface area contributed by atoms with Gasteiger partial charge in [-0.15, -0.1) is 0 Å². The first-order chi connectivity index (χ1) is 7.06. The van der Waals surface area contributed by atoms with Gasteiger partial charge >= 0.3 is 5.97 Å². The van der Waals surface area contributed by atoms with Crippen LogP contribution in [0.15, 0.2) is 36.4 Å². The molecule has 0 aliphatic heterocycles. The summed E-state index contributed by atoms with van der Waals surface area (Å²) < 4.78 is 17.0. The van der Waals surface area contributed by atoms with Crippen LogP contribution in [0.5, 0.6) is 0 Å². The van der Waals surface area contributed by atoms with E-state index in [0.717, 1.165) is 0 Å². The van der Waals surface area contributed by atoms with Crippen LogP contribution in [0.2, 0.25) is 0 Å². The summed E-state index contributed by atoms with van der Waals surface area (Å²) in [5.41, 5.74) is 0.316. The highest BCUT2D eigenvalue weighted by Crippen LogP contribution is 2.21. The van der Waals surface area contributed by atoms with Crippen molar-refractivity contribution in [3.63, 3.8) is 0 Å². The first kappa shape index (κ1) is 11.4. The predicted molar refractivity (Wildman–Crippen MR) is 52.5 cm³/mol. The van der Waals surface area contributed by atoms with E-state index >= 15 is 0 Å². The van der Waals surface area contributed by atoms with Gasteiger partial charge in [0.25, 0.3) is 0 Å². The minimum Gasteiger partial charge on any atom is -0.466 e. The molecule has 1 aromatic rings. The molecule has 1 atom stereocenters. The van der Waals surface area contributed by atoms with Gasteiger partial charge in [-0.25, -0.2) is 9.18 Å². The Balaban J connectivity index is 2.85. The molecule has 0 heterocycles. The molecule has 0 saturated carbocycles. The summed E-state index contributed by atoms with van der Waals surface area (Å²) in [7, 11) is 1.20. The van der Waals surface area contributed by atoms with Crippen molar-refractivity contribution < 1.29 is 19.0 Å². The average Bonchev–Trinajstić information content (AvgIpc) is 2.27. The van der Waals surface area contributed by atoms with Gasteiger partial charge in [-0.05, 0) is 17.7 Å². The fourth-order valence-corrected chi connectivity index (χ4v) is 1.09. The molecule has 1 rings (SSSR count). The number of aliphatic hydroxyl groups excluding tert-OH is 1. The van der Waals surface area contributed by atoms with Gasteiger partial charge in [-0.1, -0.05) is 18.7 Å². The van der Waals surface area contributed by atoms with E-state index in [1.54, 1.807) is 0 Å². The second-order valence-electron chi connectivity index (χ2n) is 2.97. The van der Waals surface area contributed by atoms with Crippen molar-refractivity contribution in [1.82, 2.24) is 0 Å². The molecule has 0 radical (unpaired) electrons. The lowest BCUT2D eigenvalue weighted by atomic mass is 10.0. The van der Waals surface area contributed by atoms with E-state index in [1.165, 1.54) is 31.4 Å². The Morgan fingerprint density at radius 1 is 1.47 bits per heavy atom. The van der Waals surface area contributed by atoms with E-state index in [2.05, 4.69) is 11.3 Å². The van der Waals surface area contributed by atoms with E-state index in [-0.39, 0.29) is 5.57 Å². The Morgan fingerprint density at radius 2 is 2.00 bits per heavy atom. The first-order valence-electron chi connectivity index (χ1n) is 4.27. The van der Waals surface area contributed by atoms with Gasteiger partial charge in [0.2, 0.25) is 0 Å². The molecular weight excluding hydrogens is 199 g/mol. The SMILES string of the molecule is C=C(C(=O)OC)C(O)c1ccc(F)cc1. The highest BCUT2D eigenvalue weighted by Gasteiger charge is 2.18. The fourth-order valence-electron chi connectivity index (χ4n) is 1.09. The Hall–Kier alpha value is -1.68. The smallest absolute Gasteiger partial charge is 0.336 e. The number of rotatable bonds is 3. The molecule has 0 bridgehead atoms. The lowest BCUT2D eigenvalue weighted by Crippen LogP contribution is -2.11. The summed E-state index contributed by atoms with van der Waals surface area (Å²) in [6.45, 7) is 3.41. The highest BCUT2D eigenvalue weighted by atomic mass is 19.1. The van der Waals surface area contributed by atoms with Crippen LogP contribution in [0.25, 0.3) is 0 Å². The maximum atomic E-state index is 12.6. The zero-order valence-electron chi connectivity index (χ0n) is 8.24. The van der Waals surface area contributed by atoms with Crippen LogP contribution in [-0.4, -0.2) is 18.2 Å². The van der Waals surface area contributed by atoms with Gasteiger partial charge in [0, 0.05) is 0 Å². The summed E-state index contributed by atoms with van der Waals surface area (Å²) in [5, 5.41) is 9.66. The molecular formula is C11H11FO3. The van der Waals surface area contributed by atoms with Crippen LogP contribution in [0.4, 0.5) is 4.39 Å². The molecule has 0 aliphatic carbocycles. The highest BCUT2D eigenvalue weighted by molar-refractivity contribution is 5.88. The second-order valence-corrected chi connectivity index (χ2v) is 2.97. The third-order valence-corrected chi connectivity index (χ3v) is 1.96. The first-order valence-corrected chi connectivity index (χ1v) is 4.27. The molecule has 0 aliphatic rings. The van der Waals surface area contributed by atoms with Crippen molar-refractivity contribution in [1.29, 1.82) is 0 Å². The quantitative estimate of drug-likeness (QED) is 0.608. The fraction of sp³-hybridized carbons (Fsp3) is 0.182. The van der Waals surface area contributed by atoms with Gasteiger partial charge in [-0.3, -0.25) is 0 Å². The molecule has 80 valence electrons. The van der Waals surface area contributed by atoms with Crippen molar-refractivity contribution in [3.05, 3.63) is 47.8 Å². The van der Waals surface area contributed by atoms with Gasteiger partial charge < -0.3 is 9.84 Å². The Bertz CT molecular complexity index is 370. The van der Waals surface area contributed by atoms with E-state index in [4.69, 9.17) is 0 Å². The van der Waals surface area contributed by atoms with Gasteiger partial charge in [0.1, 0.15) is 11.9 Å². The number of carbonyl (C=O) groups excluding carboxylic acids is 1. The van der Waals surface area contributed by atoms with E-state index in [0.29, 0.717) is 5.56 Å². The number of carbonyl (C=O) groups is 1. The van der Waals surface area contributed by atoms with Gasteiger partial charge in [-0.2, -0.15) is 0 Å². The Morgan fingerprint density at radius 3 is 2.47 bits per heavy atom. The minimum absolute atomic E-state index is 0.0795. The topological polar surface area (TPSA) is 46.5 Å². The number of hydrogen-bond donors (Lipinski definition) is 1. The van der Waals surface area contributed by atoms with Crippen molar-refractivity contribution in [2.45, 2.75) is 6.10 Å². The summed E-state index contributed by atoms with van der Waals surface area (Å²) in [6, 6.07) is 5.16. The monoisotopic (exact) mass is 210 g/mol. The van der Waals surface area contributed by atoms with Crippen molar-refractivity contribution >= 4 is 5.97 Å². The van der Waals surface area contributed by atoms with E-state index < -0.39 is 17.9 Å². The van der Waals surface area contributed by atoms with Crippen LogP contribution in [0.1, 0.15) is 11.7 Å². The summed E-state index contributed by atoms with van der Waals surface area (Å²) in [5.74, 6) is -1.10. The molecule has 3 nitrogen and oxygen atoms in total. The minimum atomic E-state index is -1.17. The van der Waals surface area contributed by atoms with Gasteiger partial charge in [0.15, 0.2) is 0 Å². The molecule has 1 unspecified atom stereocenters. The largest absolute Gasteiger partial charge is 0.466 e. The number of halogens is 1. The Labute approximate surface area is 86.8 Å². The lowest BCUT2D eigenvalue weighted by molar-refractivity contribution is -0.137. The molecule has 1 aromatic carbocycles. The molecule has 0 amide bonds. The van der Waals surface area contributed by atoms with Crippen molar-refractivity contribution in [3.8, 4) is 0 Å². The van der Waals surface area contributed by atoms with Crippen LogP contribution in [0.3, 0.4) is 0 Å². The number of methoxy groups -OCH3 is 1. The number of hydrogen-bond acceptors (Lipinski definition) is 3. The van der Waals surface area contributed by atoms with Crippen molar-refractivity contribution in [2.24, 2.45) is 0 Å². The average molecular weight is 210 g/mol. The number of benzene rings is 1. The van der Waals surface area contributed by atoms with Gasteiger partial charge in [0.05, 0.1) is 12.7 Å². The predicted octanol–water partition coefficient (Wildman–Crippen LogP) is 1.59. The van der Waals surface area contributed by atoms with Crippen molar-refractivity contribution in [2.75, 3.05) is 7.11 Å². The number of aliphatic hydroxyl groups is 1. The van der Waals surface area contributed by atoms with Crippen LogP contribution < -0.4 is 0 Å². The third kappa shape index (κ3) is 2.63. The molecule has 0 spiro atoms. The molecule has 15 heavy (non-hydrogen) atoms. The van der Waals surface area contributed by atoms with E-state index in [1.807, 2.05) is 0 Å². The number of ether oxygens (including phenoxy) is 1. The zero-order valence-corrected chi connectivity index (χ0v) is 8.24. The summed E-state index contributed by atoms with van der Waals surface area (Å²) in [4.78, 5) is 11.0. The molecule has 0 fully saturated rings. The Kier molecular flexibility index (Phi) is 3.57. The standard InChI is InChI=1S/C11H11FO3/c1-7(11(14)15-2)10(13)8-3-5-9(12)6-4-8/h3-6,10,13H,1H2,2H3.